The first-order valence-corrected chi connectivity index (χ1v) is 9.46. The van der Waals surface area contributed by atoms with Crippen LogP contribution < -0.4 is 0 Å². The van der Waals surface area contributed by atoms with E-state index < -0.39 is 0 Å². The quantitative estimate of drug-likeness (QED) is 0.571. The summed E-state index contributed by atoms with van der Waals surface area (Å²) in [5.41, 5.74) is 1.26. The topological polar surface area (TPSA) is 23.8 Å². The van der Waals surface area contributed by atoms with E-state index in [-0.39, 0.29) is 0 Å². The molecule has 1 heteroatoms. The van der Waals surface area contributed by atoms with Gasteiger partial charge in [-0.1, -0.05) is 20.3 Å². The van der Waals surface area contributed by atoms with Crippen molar-refractivity contribution >= 4 is 0 Å². The van der Waals surface area contributed by atoms with Crippen LogP contribution in [0, 0.1) is 51.8 Å². The van der Waals surface area contributed by atoms with Gasteiger partial charge in [0.1, 0.15) is 0 Å². The molecule has 7 atom stereocenters. The molecule has 0 heterocycles. The first-order chi connectivity index (χ1) is 10.1. The van der Waals surface area contributed by atoms with E-state index in [1.807, 2.05) is 0 Å². The molecule has 7 unspecified atom stereocenters. The minimum Gasteiger partial charge on any atom is -0.198 e. The summed E-state index contributed by atoms with van der Waals surface area (Å²) < 4.78 is 0. The lowest BCUT2D eigenvalue weighted by atomic mass is 9.45. The Morgan fingerprint density at radius 2 is 1.76 bits per heavy atom. The van der Waals surface area contributed by atoms with Crippen LogP contribution in [0.2, 0.25) is 0 Å². The van der Waals surface area contributed by atoms with Crippen molar-refractivity contribution in [3.8, 4) is 6.07 Å². The Morgan fingerprint density at radius 1 is 0.905 bits per heavy atom. The zero-order valence-electron chi connectivity index (χ0n) is 13.9. The SMILES string of the molecule is CC12CCCC1C1CCC3CC(C#N)CCC3(C)C1CC2. The highest BCUT2D eigenvalue weighted by molar-refractivity contribution is 5.08. The summed E-state index contributed by atoms with van der Waals surface area (Å²) in [5.74, 6) is 4.24. The molecule has 0 saturated heterocycles. The molecule has 0 N–H and O–H groups in total. The van der Waals surface area contributed by atoms with Crippen molar-refractivity contribution in [2.24, 2.45) is 40.4 Å². The number of hydrogen-bond donors (Lipinski definition) is 0. The van der Waals surface area contributed by atoms with Crippen LogP contribution in [-0.2, 0) is 0 Å². The summed E-state index contributed by atoms with van der Waals surface area (Å²) in [6.07, 6.45) is 14.1. The second-order valence-electron chi connectivity index (χ2n) is 9.34. The molecule has 4 fully saturated rings. The molecule has 21 heavy (non-hydrogen) atoms. The van der Waals surface area contributed by atoms with Crippen LogP contribution in [0.25, 0.3) is 0 Å². The number of rotatable bonds is 0. The third kappa shape index (κ3) is 1.94. The summed E-state index contributed by atoms with van der Waals surface area (Å²) in [5, 5.41) is 9.30. The summed E-state index contributed by atoms with van der Waals surface area (Å²) in [7, 11) is 0. The molecule has 0 aromatic heterocycles. The van der Waals surface area contributed by atoms with Crippen LogP contribution in [-0.4, -0.2) is 0 Å². The van der Waals surface area contributed by atoms with Gasteiger partial charge in [0.25, 0.3) is 0 Å². The van der Waals surface area contributed by atoms with E-state index in [0.29, 0.717) is 16.7 Å². The Hall–Kier alpha value is -0.510. The van der Waals surface area contributed by atoms with Crippen molar-refractivity contribution in [2.45, 2.75) is 78.1 Å². The van der Waals surface area contributed by atoms with Gasteiger partial charge in [-0.2, -0.15) is 5.26 Å². The van der Waals surface area contributed by atoms with Gasteiger partial charge in [0.05, 0.1) is 6.07 Å². The van der Waals surface area contributed by atoms with E-state index in [1.54, 1.807) is 0 Å². The fraction of sp³-hybridized carbons (Fsp3) is 0.950. The van der Waals surface area contributed by atoms with Crippen LogP contribution in [0.5, 0.6) is 0 Å². The Balaban J connectivity index is 1.60. The van der Waals surface area contributed by atoms with Crippen LogP contribution in [0.15, 0.2) is 0 Å². The van der Waals surface area contributed by atoms with E-state index >= 15 is 0 Å². The Labute approximate surface area is 130 Å². The molecule has 0 aromatic carbocycles. The predicted molar refractivity (Wildman–Crippen MR) is 85.4 cm³/mol. The second kappa shape index (κ2) is 4.74. The number of hydrogen-bond acceptors (Lipinski definition) is 1. The molecule has 0 bridgehead atoms. The van der Waals surface area contributed by atoms with Gasteiger partial charge in [-0.3, -0.25) is 0 Å². The average molecular weight is 285 g/mol. The third-order valence-electron chi connectivity index (χ3n) is 8.63. The number of nitrogens with zero attached hydrogens (tertiary/aromatic N) is 1. The molecule has 1 nitrogen and oxygen atoms in total. The lowest BCUT2D eigenvalue weighted by molar-refractivity contribution is -0.107. The first-order valence-electron chi connectivity index (χ1n) is 9.46. The lowest BCUT2D eigenvalue weighted by Gasteiger charge is -2.60. The Kier molecular flexibility index (Phi) is 3.18. The maximum Gasteiger partial charge on any atom is 0.0655 e. The maximum atomic E-state index is 9.30. The van der Waals surface area contributed by atoms with Gasteiger partial charge in [-0.15, -0.1) is 0 Å². The summed E-state index contributed by atoms with van der Waals surface area (Å²) in [4.78, 5) is 0. The summed E-state index contributed by atoms with van der Waals surface area (Å²) in [6, 6.07) is 2.57. The van der Waals surface area contributed by atoms with Gasteiger partial charge in [0.15, 0.2) is 0 Å². The lowest BCUT2D eigenvalue weighted by Crippen LogP contribution is -2.52. The van der Waals surface area contributed by atoms with Crippen molar-refractivity contribution in [3.63, 3.8) is 0 Å². The van der Waals surface area contributed by atoms with Crippen LogP contribution >= 0.6 is 0 Å². The number of fused-ring (bicyclic) bond motifs is 5. The van der Waals surface area contributed by atoms with Crippen molar-refractivity contribution in [1.82, 2.24) is 0 Å². The normalized spacial score (nSPS) is 56.0. The summed E-state index contributed by atoms with van der Waals surface area (Å²) in [6.45, 7) is 5.21. The molecular weight excluding hydrogens is 254 g/mol. The van der Waals surface area contributed by atoms with E-state index in [0.717, 1.165) is 23.7 Å². The molecule has 0 radical (unpaired) electrons. The standard InChI is InChI=1S/C20H31N/c1-19-9-3-4-17(19)16-6-5-15-12-14(13-21)7-11-20(15,2)18(16)8-10-19/h14-18H,3-12H2,1-2H3. The van der Waals surface area contributed by atoms with Gasteiger partial charge < -0.3 is 0 Å². The fourth-order valence-electron chi connectivity index (χ4n) is 7.37. The molecule has 0 spiro atoms. The van der Waals surface area contributed by atoms with Crippen LogP contribution in [0.4, 0.5) is 0 Å². The van der Waals surface area contributed by atoms with E-state index in [4.69, 9.17) is 0 Å². The summed E-state index contributed by atoms with van der Waals surface area (Å²) >= 11 is 0. The van der Waals surface area contributed by atoms with Crippen LogP contribution in [0.1, 0.15) is 78.1 Å². The molecule has 4 aliphatic rings. The zero-order valence-corrected chi connectivity index (χ0v) is 13.9. The van der Waals surface area contributed by atoms with Crippen molar-refractivity contribution in [2.75, 3.05) is 0 Å². The van der Waals surface area contributed by atoms with E-state index in [9.17, 15) is 5.26 Å². The molecule has 4 aliphatic carbocycles. The molecule has 0 amide bonds. The van der Waals surface area contributed by atoms with Gasteiger partial charge in [-0.05, 0) is 92.3 Å². The minimum atomic E-state index is 0.361. The van der Waals surface area contributed by atoms with E-state index in [1.165, 1.54) is 64.2 Å². The highest BCUT2D eigenvalue weighted by atomic mass is 14.6. The average Bonchev–Trinajstić information content (AvgIpc) is 2.88. The maximum absolute atomic E-state index is 9.30. The second-order valence-corrected chi connectivity index (χ2v) is 9.34. The third-order valence-corrected chi connectivity index (χ3v) is 8.63. The van der Waals surface area contributed by atoms with E-state index in [2.05, 4.69) is 19.9 Å². The fourth-order valence-corrected chi connectivity index (χ4v) is 7.37. The number of nitriles is 1. The molecule has 4 saturated carbocycles. The Bertz CT molecular complexity index is 463. The molecule has 116 valence electrons. The highest BCUT2D eigenvalue weighted by Crippen LogP contribution is 2.66. The largest absolute Gasteiger partial charge is 0.198 e. The first kappa shape index (κ1) is 14.1. The zero-order chi connectivity index (χ0) is 14.7. The van der Waals surface area contributed by atoms with Crippen molar-refractivity contribution in [3.05, 3.63) is 0 Å². The van der Waals surface area contributed by atoms with Gasteiger partial charge in [0.2, 0.25) is 0 Å². The molecule has 0 aromatic rings. The van der Waals surface area contributed by atoms with Crippen LogP contribution in [0.3, 0.4) is 0 Å². The van der Waals surface area contributed by atoms with Gasteiger partial charge in [0, 0.05) is 5.92 Å². The Morgan fingerprint density at radius 3 is 2.57 bits per heavy atom. The van der Waals surface area contributed by atoms with Crippen molar-refractivity contribution < 1.29 is 0 Å². The van der Waals surface area contributed by atoms with Gasteiger partial charge >= 0.3 is 0 Å². The molecule has 0 aliphatic heterocycles. The molecule has 4 rings (SSSR count). The van der Waals surface area contributed by atoms with Crippen molar-refractivity contribution in [1.29, 1.82) is 5.26 Å². The predicted octanol–water partition coefficient (Wildman–Crippen LogP) is 5.56. The monoisotopic (exact) mass is 285 g/mol. The highest BCUT2D eigenvalue weighted by Gasteiger charge is 2.57. The molecular formula is C20H31N. The minimum absolute atomic E-state index is 0.361. The van der Waals surface area contributed by atoms with Gasteiger partial charge in [-0.25, -0.2) is 0 Å². The smallest absolute Gasteiger partial charge is 0.0655 e.